The molecule has 0 aliphatic heterocycles. The Labute approximate surface area is 116 Å². The van der Waals surface area contributed by atoms with Crippen molar-refractivity contribution in [1.82, 2.24) is 9.97 Å². The minimum Gasteiger partial charge on any atom is -0.370 e. The summed E-state index contributed by atoms with van der Waals surface area (Å²) in [7, 11) is 2.12. The van der Waals surface area contributed by atoms with Gasteiger partial charge in [0.2, 0.25) is 0 Å². The van der Waals surface area contributed by atoms with Gasteiger partial charge in [0, 0.05) is 31.6 Å². The predicted molar refractivity (Wildman–Crippen MR) is 80.9 cm³/mol. The van der Waals surface area contributed by atoms with Gasteiger partial charge in [-0.2, -0.15) is 0 Å². The van der Waals surface area contributed by atoms with Crippen LogP contribution in [0.4, 0.5) is 11.6 Å². The molecule has 1 aliphatic rings. The second-order valence-electron chi connectivity index (χ2n) is 5.54. The minimum atomic E-state index is 0.501. The van der Waals surface area contributed by atoms with Gasteiger partial charge >= 0.3 is 0 Å². The van der Waals surface area contributed by atoms with E-state index in [1.807, 2.05) is 0 Å². The van der Waals surface area contributed by atoms with E-state index in [0.29, 0.717) is 12.0 Å². The van der Waals surface area contributed by atoms with E-state index in [1.54, 1.807) is 0 Å². The molecule has 1 aromatic rings. The van der Waals surface area contributed by atoms with Gasteiger partial charge in [0.15, 0.2) is 0 Å². The zero-order chi connectivity index (χ0) is 13.8. The second-order valence-corrected chi connectivity index (χ2v) is 5.54. The predicted octanol–water partition coefficient (Wildman–Crippen LogP) is 3.41. The maximum Gasteiger partial charge on any atom is 0.136 e. The summed E-state index contributed by atoms with van der Waals surface area (Å²) in [5, 5.41) is 3.39. The third-order valence-corrected chi connectivity index (χ3v) is 3.84. The fourth-order valence-corrected chi connectivity index (χ4v) is 2.00. The number of aromatic nitrogens is 2. The van der Waals surface area contributed by atoms with Crippen molar-refractivity contribution in [2.24, 2.45) is 0 Å². The summed E-state index contributed by atoms with van der Waals surface area (Å²) in [6.07, 6.45) is 4.71. The molecule has 1 fully saturated rings. The second kappa shape index (κ2) is 6.22. The molecule has 1 unspecified atom stereocenters. The van der Waals surface area contributed by atoms with Crippen LogP contribution in [0, 0.1) is 0 Å². The van der Waals surface area contributed by atoms with E-state index in [4.69, 9.17) is 4.98 Å². The van der Waals surface area contributed by atoms with Crippen molar-refractivity contribution in [1.29, 1.82) is 0 Å². The van der Waals surface area contributed by atoms with Crippen molar-refractivity contribution in [3.05, 3.63) is 11.9 Å². The lowest BCUT2D eigenvalue weighted by molar-refractivity contribution is 0.653. The molecule has 1 aliphatic carbocycles. The van der Waals surface area contributed by atoms with Crippen LogP contribution in [0.1, 0.15) is 58.2 Å². The van der Waals surface area contributed by atoms with Gasteiger partial charge in [0.1, 0.15) is 17.5 Å². The molecule has 1 N–H and O–H groups in total. The zero-order valence-electron chi connectivity index (χ0n) is 12.6. The molecule has 0 spiro atoms. The number of hydrogen-bond donors (Lipinski definition) is 1. The van der Waals surface area contributed by atoms with Gasteiger partial charge < -0.3 is 10.2 Å². The normalized spacial score (nSPS) is 16.2. The van der Waals surface area contributed by atoms with E-state index in [0.717, 1.165) is 36.8 Å². The van der Waals surface area contributed by atoms with E-state index in [-0.39, 0.29) is 0 Å². The molecule has 4 heteroatoms. The van der Waals surface area contributed by atoms with Crippen molar-refractivity contribution in [3.8, 4) is 0 Å². The highest BCUT2D eigenvalue weighted by Gasteiger charge is 2.28. The zero-order valence-corrected chi connectivity index (χ0v) is 12.6. The standard InChI is InChI=1S/C15H26N4/c1-5-9-16-13-10-14(19(4)11(3)6-2)18-15(17-13)12-7-8-12/h10-12H,5-9H2,1-4H3,(H,16,17,18). The van der Waals surface area contributed by atoms with Crippen LogP contribution in [-0.2, 0) is 0 Å². The van der Waals surface area contributed by atoms with Crippen molar-refractivity contribution < 1.29 is 0 Å². The van der Waals surface area contributed by atoms with Crippen molar-refractivity contribution >= 4 is 11.6 Å². The van der Waals surface area contributed by atoms with Gasteiger partial charge in [-0.15, -0.1) is 0 Å². The topological polar surface area (TPSA) is 41.0 Å². The molecule has 2 rings (SSSR count). The Balaban J connectivity index is 2.22. The number of rotatable bonds is 7. The molecule has 1 aromatic heterocycles. The monoisotopic (exact) mass is 262 g/mol. The lowest BCUT2D eigenvalue weighted by atomic mass is 10.2. The Morgan fingerprint density at radius 3 is 2.68 bits per heavy atom. The molecule has 106 valence electrons. The molecular weight excluding hydrogens is 236 g/mol. The fraction of sp³-hybridized carbons (Fsp3) is 0.733. The van der Waals surface area contributed by atoms with Gasteiger partial charge in [-0.1, -0.05) is 13.8 Å². The van der Waals surface area contributed by atoms with Crippen molar-refractivity contribution in [2.45, 2.75) is 58.4 Å². The van der Waals surface area contributed by atoms with E-state index in [2.05, 4.69) is 49.1 Å². The molecular formula is C15H26N4. The lowest BCUT2D eigenvalue weighted by Gasteiger charge is -2.25. The Bertz CT molecular complexity index is 415. The first-order valence-corrected chi connectivity index (χ1v) is 7.51. The summed E-state index contributed by atoms with van der Waals surface area (Å²) in [6.45, 7) is 7.58. The van der Waals surface area contributed by atoms with Crippen LogP contribution < -0.4 is 10.2 Å². The lowest BCUT2D eigenvalue weighted by Crippen LogP contribution is -2.29. The van der Waals surface area contributed by atoms with Gasteiger partial charge in [0.25, 0.3) is 0 Å². The minimum absolute atomic E-state index is 0.501. The Morgan fingerprint density at radius 1 is 1.37 bits per heavy atom. The number of hydrogen-bond acceptors (Lipinski definition) is 4. The highest BCUT2D eigenvalue weighted by atomic mass is 15.2. The van der Waals surface area contributed by atoms with E-state index in [9.17, 15) is 0 Å². The Morgan fingerprint density at radius 2 is 2.11 bits per heavy atom. The average molecular weight is 262 g/mol. The SMILES string of the molecule is CCCNc1cc(N(C)C(C)CC)nc(C2CC2)n1. The summed E-state index contributed by atoms with van der Waals surface area (Å²) in [4.78, 5) is 11.7. The van der Waals surface area contributed by atoms with Crippen LogP contribution in [0.2, 0.25) is 0 Å². The highest BCUT2D eigenvalue weighted by Crippen LogP contribution is 2.39. The van der Waals surface area contributed by atoms with Crippen molar-refractivity contribution in [3.63, 3.8) is 0 Å². The average Bonchev–Trinajstić information content (AvgIpc) is 3.27. The van der Waals surface area contributed by atoms with E-state index >= 15 is 0 Å². The van der Waals surface area contributed by atoms with Gasteiger partial charge in [-0.25, -0.2) is 9.97 Å². The molecule has 0 saturated heterocycles. The van der Waals surface area contributed by atoms with Crippen LogP contribution in [0.3, 0.4) is 0 Å². The van der Waals surface area contributed by atoms with Crippen molar-refractivity contribution in [2.75, 3.05) is 23.8 Å². The van der Waals surface area contributed by atoms with Gasteiger partial charge in [-0.05, 0) is 32.6 Å². The first kappa shape index (κ1) is 14.1. The molecule has 0 aromatic carbocycles. The summed E-state index contributed by atoms with van der Waals surface area (Å²) in [5.74, 6) is 3.63. The molecule has 0 amide bonds. The first-order valence-electron chi connectivity index (χ1n) is 7.51. The summed E-state index contributed by atoms with van der Waals surface area (Å²) >= 11 is 0. The Hall–Kier alpha value is -1.32. The third kappa shape index (κ3) is 3.58. The molecule has 0 bridgehead atoms. The van der Waals surface area contributed by atoms with E-state index < -0.39 is 0 Å². The molecule has 4 nitrogen and oxygen atoms in total. The van der Waals surface area contributed by atoms with E-state index in [1.165, 1.54) is 12.8 Å². The number of nitrogens with one attached hydrogen (secondary N) is 1. The number of nitrogens with zero attached hydrogens (tertiary/aromatic N) is 3. The summed E-state index contributed by atoms with van der Waals surface area (Å²) < 4.78 is 0. The maximum atomic E-state index is 4.75. The smallest absolute Gasteiger partial charge is 0.136 e. The molecule has 1 heterocycles. The highest BCUT2D eigenvalue weighted by molar-refractivity contribution is 5.50. The van der Waals surface area contributed by atoms with Gasteiger partial charge in [0.05, 0.1) is 0 Å². The third-order valence-electron chi connectivity index (χ3n) is 3.84. The number of anilines is 2. The van der Waals surface area contributed by atoms with Crippen LogP contribution in [-0.4, -0.2) is 29.6 Å². The van der Waals surface area contributed by atoms with Crippen LogP contribution >= 0.6 is 0 Å². The Kier molecular flexibility index (Phi) is 4.61. The summed E-state index contributed by atoms with van der Waals surface area (Å²) in [6, 6.07) is 2.58. The van der Waals surface area contributed by atoms with Crippen LogP contribution in [0.5, 0.6) is 0 Å². The van der Waals surface area contributed by atoms with Gasteiger partial charge in [-0.3, -0.25) is 0 Å². The molecule has 19 heavy (non-hydrogen) atoms. The molecule has 1 atom stereocenters. The molecule has 1 saturated carbocycles. The van der Waals surface area contributed by atoms with Crippen LogP contribution in [0.15, 0.2) is 6.07 Å². The first-order chi connectivity index (χ1) is 9.15. The largest absolute Gasteiger partial charge is 0.370 e. The van der Waals surface area contributed by atoms with Crippen LogP contribution in [0.25, 0.3) is 0 Å². The molecule has 0 radical (unpaired) electrons. The maximum absolute atomic E-state index is 4.75. The summed E-state index contributed by atoms with van der Waals surface area (Å²) in [5.41, 5.74) is 0. The fourth-order valence-electron chi connectivity index (χ4n) is 2.00. The quantitative estimate of drug-likeness (QED) is 0.817.